The van der Waals surface area contributed by atoms with Crippen molar-refractivity contribution in [1.29, 1.82) is 0 Å². The second kappa shape index (κ2) is 3.75. The molecule has 1 saturated carbocycles. The summed E-state index contributed by atoms with van der Waals surface area (Å²) < 4.78 is 0. The van der Waals surface area contributed by atoms with E-state index >= 15 is 0 Å². The molecule has 14 heavy (non-hydrogen) atoms. The number of pyridine rings is 1. The SMILES string of the molecule is Nc1nc(Cl)ccc1C(N)CC1CC1. The van der Waals surface area contributed by atoms with Gasteiger partial charge in [0, 0.05) is 11.6 Å². The lowest BCUT2D eigenvalue weighted by atomic mass is 10.0. The molecular weight excluding hydrogens is 198 g/mol. The molecular formula is C10H14ClN3. The molecule has 1 aliphatic rings. The molecule has 4 heteroatoms. The minimum absolute atomic E-state index is 0.00673. The molecule has 1 aliphatic carbocycles. The third-order valence-corrected chi connectivity index (χ3v) is 2.82. The van der Waals surface area contributed by atoms with E-state index in [1.165, 1.54) is 12.8 Å². The summed E-state index contributed by atoms with van der Waals surface area (Å²) in [5, 5.41) is 0.421. The molecule has 0 amide bonds. The average molecular weight is 212 g/mol. The van der Waals surface area contributed by atoms with Gasteiger partial charge in [-0.1, -0.05) is 30.5 Å². The zero-order valence-electron chi connectivity index (χ0n) is 7.91. The van der Waals surface area contributed by atoms with Crippen LogP contribution < -0.4 is 11.5 Å². The summed E-state index contributed by atoms with van der Waals surface area (Å²) >= 11 is 5.71. The number of aromatic nitrogens is 1. The van der Waals surface area contributed by atoms with Crippen molar-refractivity contribution in [2.45, 2.75) is 25.3 Å². The van der Waals surface area contributed by atoms with Gasteiger partial charge in [-0.05, 0) is 18.4 Å². The number of nitrogen functional groups attached to an aromatic ring is 1. The Morgan fingerprint density at radius 2 is 2.21 bits per heavy atom. The van der Waals surface area contributed by atoms with Crippen molar-refractivity contribution in [3.05, 3.63) is 22.8 Å². The Bertz CT molecular complexity index is 336. The first-order valence-corrected chi connectivity index (χ1v) is 5.22. The molecule has 0 bridgehead atoms. The molecule has 1 aromatic rings. The Morgan fingerprint density at radius 3 is 2.79 bits per heavy atom. The van der Waals surface area contributed by atoms with Crippen LogP contribution in [-0.2, 0) is 0 Å². The quantitative estimate of drug-likeness (QED) is 0.753. The topological polar surface area (TPSA) is 64.9 Å². The van der Waals surface area contributed by atoms with Gasteiger partial charge >= 0.3 is 0 Å². The van der Waals surface area contributed by atoms with Gasteiger partial charge < -0.3 is 11.5 Å². The van der Waals surface area contributed by atoms with E-state index in [0.717, 1.165) is 17.9 Å². The van der Waals surface area contributed by atoms with E-state index < -0.39 is 0 Å². The van der Waals surface area contributed by atoms with E-state index in [2.05, 4.69) is 4.98 Å². The van der Waals surface area contributed by atoms with E-state index in [1.54, 1.807) is 6.07 Å². The fourth-order valence-corrected chi connectivity index (χ4v) is 1.77. The molecule has 0 aliphatic heterocycles. The molecule has 1 fully saturated rings. The predicted octanol–water partition coefficient (Wildman–Crippen LogP) is 2.12. The number of hydrogen-bond donors (Lipinski definition) is 2. The summed E-state index contributed by atoms with van der Waals surface area (Å²) in [6, 6.07) is 3.62. The smallest absolute Gasteiger partial charge is 0.131 e. The monoisotopic (exact) mass is 211 g/mol. The Labute approximate surface area is 88.5 Å². The number of rotatable bonds is 3. The molecule has 0 radical (unpaired) electrons. The maximum Gasteiger partial charge on any atom is 0.131 e. The average Bonchev–Trinajstić information content (AvgIpc) is 2.87. The van der Waals surface area contributed by atoms with Gasteiger partial charge in [0.05, 0.1) is 0 Å². The zero-order chi connectivity index (χ0) is 10.1. The highest BCUT2D eigenvalue weighted by molar-refractivity contribution is 6.29. The van der Waals surface area contributed by atoms with Gasteiger partial charge in [-0.2, -0.15) is 0 Å². The Hall–Kier alpha value is -0.800. The van der Waals surface area contributed by atoms with E-state index in [-0.39, 0.29) is 6.04 Å². The fourth-order valence-electron chi connectivity index (χ4n) is 1.61. The maximum atomic E-state index is 6.02. The second-order valence-electron chi connectivity index (χ2n) is 3.89. The highest BCUT2D eigenvalue weighted by Gasteiger charge is 2.25. The summed E-state index contributed by atoms with van der Waals surface area (Å²) in [6.45, 7) is 0. The highest BCUT2D eigenvalue weighted by atomic mass is 35.5. The number of hydrogen-bond acceptors (Lipinski definition) is 3. The number of halogens is 1. The van der Waals surface area contributed by atoms with Crippen LogP contribution in [0.15, 0.2) is 12.1 Å². The van der Waals surface area contributed by atoms with E-state index in [4.69, 9.17) is 23.1 Å². The highest BCUT2D eigenvalue weighted by Crippen LogP contribution is 2.37. The van der Waals surface area contributed by atoms with Gasteiger partial charge in [-0.15, -0.1) is 0 Å². The van der Waals surface area contributed by atoms with Crippen molar-refractivity contribution in [2.75, 3.05) is 5.73 Å². The van der Waals surface area contributed by atoms with Crippen molar-refractivity contribution in [3.63, 3.8) is 0 Å². The van der Waals surface area contributed by atoms with E-state index in [9.17, 15) is 0 Å². The maximum absolute atomic E-state index is 6.02. The fraction of sp³-hybridized carbons (Fsp3) is 0.500. The van der Waals surface area contributed by atoms with Crippen LogP contribution in [0.25, 0.3) is 0 Å². The van der Waals surface area contributed by atoms with Crippen LogP contribution in [0.5, 0.6) is 0 Å². The molecule has 76 valence electrons. The van der Waals surface area contributed by atoms with Crippen LogP contribution in [0, 0.1) is 5.92 Å². The van der Waals surface area contributed by atoms with Crippen LogP contribution >= 0.6 is 11.6 Å². The van der Waals surface area contributed by atoms with Gasteiger partial charge in [0.25, 0.3) is 0 Å². The Morgan fingerprint density at radius 1 is 1.50 bits per heavy atom. The summed E-state index contributed by atoms with van der Waals surface area (Å²) in [5.41, 5.74) is 12.7. The van der Waals surface area contributed by atoms with Gasteiger partial charge in [-0.25, -0.2) is 4.98 Å². The number of anilines is 1. The molecule has 1 unspecified atom stereocenters. The van der Waals surface area contributed by atoms with Crippen molar-refractivity contribution >= 4 is 17.4 Å². The minimum Gasteiger partial charge on any atom is -0.383 e. The van der Waals surface area contributed by atoms with Gasteiger partial charge in [0.1, 0.15) is 11.0 Å². The summed E-state index contributed by atoms with van der Waals surface area (Å²) in [7, 11) is 0. The number of nitrogens with two attached hydrogens (primary N) is 2. The zero-order valence-corrected chi connectivity index (χ0v) is 8.67. The summed E-state index contributed by atoms with van der Waals surface area (Å²) in [4.78, 5) is 3.99. The van der Waals surface area contributed by atoms with Crippen LogP contribution in [0.3, 0.4) is 0 Å². The third kappa shape index (κ3) is 2.16. The molecule has 0 aromatic carbocycles. The van der Waals surface area contributed by atoms with Crippen molar-refractivity contribution in [3.8, 4) is 0 Å². The van der Waals surface area contributed by atoms with Crippen LogP contribution in [0.1, 0.15) is 30.9 Å². The van der Waals surface area contributed by atoms with Gasteiger partial charge in [0.15, 0.2) is 0 Å². The first-order chi connectivity index (χ1) is 6.66. The molecule has 2 rings (SSSR count). The minimum atomic E-state index is 0.00673. The van der Waals surface area contributed by atoms with Crippen molar-refractivity contribution < 1.29 is 0 Å². The van der Waals surface area contributed by atoms with Crippen molar-refractivity contribution in [2.24, 2.45) is 11.7 Å². The lowest BCUT2D eigenvalue weighted by molar-refractivity contribution is 0.597. The van der Waals surface area contributed by atoms with Gasteiger partial charge in [-0.3, -0.25) is 0 Å². The van der Waals surface area contributed by atoms with Crippen LogP contribution in [-0.4, -0.2) is 4.98 Å². The molecule has 0 saturated heterocycles. The molecule has 1 aromatic heterocycles. The molecule has 3 nitrogen and oxygen atoms in total. The lowest BCUT2D eigenvalue weighted by Gasteiger charge is -2.13. The standard InChI is InChI=1S/C10H14ClN3/c11-9-4-3-7(10(13)14-9)8(12)5-6-1-2-6/h3-4,6,8H,1-2,5,12H2,(H2,13,14). The second-order valence-corrected chi connectivity index (χ2v) is 4.28. The van der Waals surface area contributed by atoms with E-state index in [0.29, 0.717) is 11.0 Å². The van der Waals surface area contributed by atoms with Gasteiger partial charge in [0.2, 0.25) is 0 Å². The predicted molar refractivity (Wildman–Crippen MR) is 57.9 cm³/mol. The number of nitrogens with zero attached hydrogens (tertiary/aromatic N) is 1. The molecule has 0 spiro atoms. The Balaban J connectivity index is 2.13. The van der Waals surface area contributed by atoms with E-state index in [1.807, 2.05) is 6.07 Å². The largest absolute Gasteiger partial charge is 0.383 e. The normalized spacial score (nSPS) is 18.1. The molecule has 4 N–H and O–H groups in total. The first kappa shape index (κ1) is 9.74. The lowest BCUT2D eigenvalue weighted by Crippen LogP contribution is -2.14. The molecule has 1 atom stereocenters. The van der Waals surface area contributed by atoms with Crippen LogP contribution in [0.2, 0.25) is 5.15 Å². The Kier molecular flexibility index (Phi) is 2.61. The molecule has 1 heterocycles. The van der Waals surface area contributed by atoms with Crippen molar-refractivity contribution in [1.82, 2.24) is 4.98 Å². The van der Waals surface area contributed by atoms with Crippen LogP contribution in [0.4, 0.5) is 5.82 Å². The third-order valence-electron chi connectivity index (χ3n) is 2.61. The summed E-state index contributed by atoms with van der Waals surface area (Å²) in [5.74, 6) is 1.26. The first-order valence-electron chi connectivity index (χ1n) is 4.84. The summed E-state index contributed by atoms with van der Waals surface area (Å²) in [6.07, 6.45) is 3.61.